The fraction of sp³-hybridized carbons (Fsp3) is 0.455. The Morgan fingerprint density at radius 1 is 1.31 bits per heavy atom. The van der Waals surface area contributed by atoms with Crippen LogP contribution in [0.2, 0.25) is 0 Å². The molecule has 0 amide bonds. The van der Waals surface area contributed by atoms with Gasteiger partial charge in [0.1, 0.15) is 0 Å². The zero-order valence-corrected chi connectivity index (χ0v) is 8.09. The lowest BCUT2D eigenvalue weighted by Crippen LogP contribution is -2.13. The van der Waals surface area contributed by atoms with Crippen molar-refractivity contribution in [2.24, 2.45) is 0 Å². The molecule has 0 heterocycles. The molecular formula is C11H17NO. The fourth-order valence-corrected chi connectivity index (χ4v) is 1.25. The normalized spacial score (nSPS) is 10.3. The molecule has 2 nitrogen and oxygen atoms in total. The first-order valence-corrected chi connectivity index (χ1v) is 4.76. The van der Waals surface area contributed by atoms with Crippen molar-refractivity contribution < 1.29 is 5.11 Å². The molecular weight excluding hydrogens is 162 g/mol. The summed E-state index contributed by atoms with van der Waals surface area (Å²) in [6.07, 6.45) is 1.15. The zero-order valence-electron chi connectivity index (χ0n) is 8.09. The molecule has 1 aromatic carbocycles. The van der Waals surface area contributed by atoms with Gasteiger partial charge in [0.05, 0.1) is 6.61 Å². The van der Waals surface area contributed by atoms with Crippen LogP contribution in [0, 0.1) is 0 Å². The molecule has 0 atom stereocenters. The Morgan fingerprint density at radius 2 is 2.08 bits per heavy atom. The highest BCUT2D eigenvalue weighted by atomic mass is 16.3. The predicted molar refractivity (Wildman–Crippen MR) is 54.4 cm³/mol. The summed E-state index contributed by atoms with van der Waals surface area (Å²) in [5, 5.41) is 12.2. The lowest BCUT2D eigenvalue weighted by Gasteiger charge is -2.04. The van der Waals surface area contributed by atoms with Crippen LogP contribution in [-0.2, 0) is 13.2 Å². The SMILES string of the molecule is CCCNCc1cccc(CO)c1. The van der Waals surface area contributed by atoms with Crippen LogP contribution in [0.5, 0.6) is 0 Å². The van der Waals surface area contributed by atoms with Crippen LogP contribution >= 0.6 is 0 Å². The topological polar surface area (TPSA) is 32.3 Å². The summed E-state index contributed by atoms with van der Waals surface area (Å²) in [7, 11) is 0. The summed E-state index contributed by atoms with van der Waals surface area (Å²) < 4.78 is 0. The van der Waals surface area contributed by atoms with Gasteiger partial charge in [-0.1, -0.05) is 31.2 Å². The third kappa shape index (κ3) is 3.57. The number of aliphatic hydroxyl groups excluding tert-OH is 1. The van der Waals surface area contributed by atoms with Crippen LogP contribution in [0.25, 0.3) is 0 Å². The minimum atomic E-state index is 0.127. The molecule has 0 aliphatic heterocycles. The largest absolute Gasteiger partial charge is 0.392 e. The van der Waals surface area contributed by atoms with Gasteiger partial charge in [0.2, 0.25) is 0 Å². The van der Waals surface area contributed by atoms with E-state index < -0.39 is 0 Å². The van der Waals surface area contributed by atoms with Gasteiger partial charge in [-0.2, -0.15) is 0 Å². The summed E-state index contributed by atoms with van der Waals surface area (Å²) >= 11 is 0. The van der Waals surface area contributed by atoms with Crippen molar-refractivity contribution in [1.82, 2.24) is 5.32 Å². The Kier molecular flexibility index (Phi) is 4.50. The number of hydrogen-bond acceptors (Lipinski definition) is 2. The second-order valence-corrected chi connectivity index (χ2v) is 3.15. The first kappa shape index (κ1) is 10.2. The third-order valence-corrected chi connectivity index (χ3v) is 1.93. The Balaban J connectivity index is 2.46. The second kappa shape index (κ2) is 5.73. The monoisotopic (exact) mass is 179 g/mol. The van der Waals surface area contributed by atoms with Gasteiger partial charge >= 0.3 is 0 Å². The average molecular weight is 179 g/mol. The molecule has 0 saturated carbocycles. The lowest BCUT2D eigenvalue weighted by molar-refractivity contribution is 0.281. The lowest BCUT2D eigenvalue weighted by atomic mass is 10.1. The Morgan fingerprint density at radius 3 is 2.77 bits per heavy atom. The van der Waals surface area contributed by atoms with Gasteiger partial charge in [0, 0.05) is 6.54 Å². The van der Waals surface area contributed by atoms with Crippen LogP contribution in [-0.4, -0.2) is 11.7 Å². The number of nitrogens with one attached hydrogen (secondary N) is 1. The van der Waals surface area contributed by atoms with E-state index in [1.54, 1.807) is 0 Å². The third-order valence-electron chi connectivity index (χ3n) is 1.93. The minimum Gasteiger partial charge on any atom is -0.392 e. The van der Waals surface area contributed by atoms with E-state index in [0.717, 1.165) is 25.1 Å². The number of benzene rings is 1. The van der Waals surface area contributed by atoms with E-state index in [0.29, 0.717) is 0 Å². The average Bonchev–Trinajstić information content (AvgIpc) is 2.19. The van der Waals surface area contributed by atoms with Gasteiger partial charge < -0.3 is 10.4 Å². The highest BCUT2D eigenvalue weighted by Gasteiger charge is 1.93. The van der Waals surface area contributed by atoms with Crippen molar-refractivity contribution in [3.63, 3.8) is 0 Å². The second-order valence-electron chi connectivity index (χ2n) is 3.15. The van der Waals surface area contributed by atoms with E-state index in [4.69, 9.17) is 5.11 Å². The van der Waals surface area contributed by atoms with Gasteiger partial charge in [0.15, 0.2) is 0 Å². The molecule has 1 aromatic rings. The van der Waals surface area contributed by atoms with E-state index in [9.17, 15) is 0 Å². The van der Waals surface area contributed by atoms with Crippen molar-refractivity contribution in [3.05, 3.63) is 35.4 Å². The summed E-state index contributed by atoms with van der Waals surface area (Å²) in [6, 6.07) is 8.02. The van der Waals surface area contributed by atoms with Crippen molar-refractivity contribution in [3.8, 4) is 0 Å². The molecule has 0 aliphatic rings. The molecule has 0 fully saturated rings. The molecule has 2 heteroatoms. The molecule has 1 rings (SSSR count). The maximum atomic E-state index is 8.91. The fourth-order valence-electron chi connectivity index (χ4n) is 1.25. The van der Waals surface area contributed by atoms with E-state index in [1.807, 2.05) is 18.2 Å². The van der Waals surface area contributed by atoms with Gasteiger partial charge in [-0.05, 0) is 24.1 Å². The Labute approximate surface area is 79.6 Å². The highest BCUT2D eigenvalue weighted by molar-refractivity contribution is 5.22. The van der Waals surface area contributed by atoms with Gasteiger partial charge in [-0.25, -0.2) is 0 Å². The van der Waals surface area contributed by atoms with Crippen molar-refractivity contribution >= 4 is 0 Å². The first-order valence-electron chi connectivity index (χ1n) is 4.76. The van der Waals surface area contributed by atoms with Crippen molar-refractivity contribution in [2.45, 2.75) is 26.5 Å². The molecule has 0 saturated heterocycles. The van der Waals surface area contributed by atoms with Crippen LogP contribution in [0.4, 0.5) is 0 Å². The molecule has 2 N–H and O–H groups in total. The molecule has 72 valence electrons. The van der Waals surface area contributed by atoms with Gasteiger partial charge in [0.25, 0.3) is 0 Å². The van der Waals surface area contributed by atoms with Crippen molar-refractivity contribution in [1.29, 1.82) is 0 Å². The quantitative estimate of drug-likeness (QED) is 0.674. The summed E-state index contributed by atoms with van der Waals surface area (Å²) in [5.41, 5.74) is 2.22. The summed E-state index contributed by atoms with van der Waals surface area (Å²) in [5.74, 6) is 0. The van der Waals surface area contributed by atoms with Crippen molar-refractivity contribution in [2.75, 3.05) is 6.54 Å². The van der Waals surface area contributed by atoms with Crippen LogP contribution in [0.3, 0.4) is 0 Å². The molecule has 0 radical (unpaired) electrons. The molecule has 0 bridgehead atoms. The molecule has 13 heavy (non-hydrogen) atoms. The summed E-state index contributed by atoms with van der Waals surface area (Å²) in [4.78, 5) is 0. The highest BCUT2D eigenvalue weighted by Crippen LogP contribution is 2.04. The smallest absolute Gasteiger partial charge is 0.0681 e. The van der Waals surface area contributed by atoms with Crippen LogP contribution in [0.1, 0.15) is 24.5 Å². The number of rotatable bonds is 5. The van der Waals surface area contributed by atoms with E-state index in [1.165, 1.54) is 5.56 Å². The van der Waals surface area contributed by atoms with Gasteiger partial charge in [-0.15, -0.1) is 0 Å². The summed E-state index contributed by atoms with van der Waals surface area (Å²) in [6.45, 7) is 4.21. The number of hydrogen-bond donors (Lipinski definition) is 2. The maximum Gasteiger partial charge on any atom is 0.0681 e. The Bertz CT molecular complexity index is 248. The maximum absolute atomic E-state index is 8.91. The van der Waals surface area contributed by atoms with E-state index in [-0.39, 0.29) is 6.61 Å². The number of aliphatic hydroxyl groups is 1. The van der Waals surface area contributed by atoms with E-state index in [2.05, 4.69) is 18.3 Å². The minimum absolute atomic E-state index is 0.127. The molecule has 0 unspecified atom stereocenters. The standard InChI is InChI=1S/C11H17NO/c1-2-6-12-8-10-4-3-5-11(7-10)9-13/h3-5,7,12-13H,2,6,8-9H2,1H3. The van der Waals surface area contributed by atoms with E-state index >= 15 is 0 Å². The Hall–Kier alpha value is -0.860. The predicted octanol–water partition coefficient (Wildman–Crippen LogP) is 1.68. The van der Waals surface area contributed by atoms with Gasteiger partial charge in [-0.3, -0.25) is 0 Å². The molecule has 0 spiro atoms. The van der Waals surface area contributed by atoms with Crippen LogP contribution in [0.15, 0.2) is 24.3 Å². The van der Waals surface area contributed by atoms with Crippen LogP contribution < -0.4 is 5.32 Å². The molecule has 0 aliphatic carbocycles. The molecule has 0 aromatic heterocycles. The first-order chi connectivity index (χ1) is 6.36. The zero-order chi connectivity index (χ0) is 9.52.